The Kier molecular flexibility index (Phi) is 1.41. The van der Waals surface area contributed by atoms with Gasteiger partial charge in [-0.05, 0) is 0 Å². The van der Waals surface area contributed by atoms with Gasteiger partial charge in [0.25, 0.3) is 0 Å². The summed E-state index contributed by atoms with van der Waals surface area (Å²) in [6.45, 7) is 0. The summed E-state index contributed by atoms with van der Waals surface area (Å²) in [6.07, 6.45) is 3.10. The van der Waals surface area contributed by atoms with Crippen molar-refractivity contribution >= 4 is 17.1 Å². The molecule has 0 unspecified atom stereocenters. The van der Waals surface area contributed by atoms with Gasteiger partial charge >= 0.3 is 0 Å². The summed E-state index contributed by atoms with van der Waals surface area (Å²) in [4.78, 5) is 14.9. The summed E-state index contributed by atoms with van der Waals surface area (Å²) in [5.74, 6) is 6.04. The highest BCUT2D eigenvalue weighted by atomic mass is 15.4. The summed E-state index contributed by atoms with van der Waals surface area (Å²) in [6, 6.07) is 0. The summed E-state index contributed by atoms with van der Waals surface area (Å²) in [7, 11) is 1.70. The van der Waals surface area contributed by atoms with E-state index in [9.17, 15) is 0 Å². The molecule has 3 N–H and O–H groups in total. The van der Waals surface area contributed by atoms with Gasteiger partial charge in [-0.15, -0.1) is 0 Å². The second-order valence-electron chi connectivity index (χ2n) is 2.43. The number of hydrogen-bond acceptors (Lipinski definition) is 5. The maximum atomic E-state index is 5.47. The smallest absolute Gasteiger partial charge is 0.219 e. The standard InChI is InChI=1S/C6H8N6/c1-12(7)6-10-4-2-8-3-9-5(4)11-6/h2-3H,7H2,1H3,(H,8,9,10,11). The lowest BCUT2D eigenvalue weighted by molar-refractivity contribution is 0.958. The molecule has 0 amide bonds. The second-order valence-corrected chi connectivity index (χ2v) is 2.43. The van der Waals surface area contributed by atoms with E-state index in [1.54, 1.807) is 13.2 Å². The van der Waals surface area contributed by atoms with Crippen LogP contribution in [-0.4, -0.2) is 27.0 Å². The number of hydrazine groups is 1. The van der Waals surface area contributed by atoms with Crippen LogP contribution in [-0.2, 0) is 0 Å². The van der Waals surface area contributed by atoms with Gasteiger partial charge in [-0.1, -0.05) is 0 Å². The van der Waals surface area contributed by atoms with Crippen molar-refractivity contribution in [2.24, 2.45) is 5.84 Å². The topological polar surface area (TPSA) is 83.7 Å². The van der Waals surface area contributed by atoms with Crippen molar-refractivity contribution in [1.29, 1.82) is 0 Å². The van der Waals surface area contributed by atoms with Crippen LogP contribution < -0.4 is 10.9 Å². The van der Waals surface area contributed by atoms with E-state index in [0.29, 0.717) is 11.6 Å². The van der Waals surface area contributed by atoms with E-state index < -0.39 is 0 Å². The molecule has 0 atom stereocenters. The van der Waals surface area contributed by atoms with Crippen molar-refractivity contribution < 1.29 is 0 Å². The lowest BCUT2D eigenvalue weighted by Crippen LogP contribution is -2.26. The Morgan fingerprint density at radius 3 is 3.08 bits per heavy atom. The van der Waals surface area contributed by atoms with Crippen molar-refractivity contribution in [3.05, 3.63) is 12.5 Å². The molecule has 62 valence electrons. The number of anilines is 1. The highest BCUT2D eigenvalue weighted by Crippen LogP contribution is 2.10. The quantitative estimate of drug-likeness (QED) is 0.445. The van der Waals surface area contributed by atoms with Crippen LogP contribution in [0.5, 0.6) is 0 Å². The van der Waals surface area contributed by atoms with Crippen LogP contribution in [0.25, 0.3) is 11.2 Å². The minimum atomic E-state index is 0.575. The second kappa shape index (κ2) is 2.42. The SMILES string of the molecule is CN(N)c1nc2ncncc2[nH]1. The van der Waals surface area contributed by atoms with Crippen LogP contribution in [0.3, 0.4) is 0 Å². The minimum absolute atomic E-state index is 0.575. The molecule has 0 aliphatic carbocycles. The van der Waals surface area contributed by atoms with E-state index in [2.05, 4.69) is 19.9 Å². The average Bonchev–Trinajstić information content (AvgIpc) is 2.46. The number of nitrogens with one attached hydrogen (secondary N) is 1. The van der Waals surface area contributed by atoms with Crippen molar-refractivity contribution in [3.8, 4) is 0 Å². The summed E-state index contributed by atoms with van der Waals surface area (Å²) >= 11 is 0. The molecule has 2 heterocycles. The molecule has 6 heteroatoms. The van der Waals surface area contributed by atoms with E-state index in [-0.39, 0.29) is 0 Å². The molecular weight excluding hydrogens is 156 g/mol. The predicted octanol–water partition coefficient (Wildman–Crippen LogP) is -0.337. The fraction of sp³-hybridized carbons (Fsp3) is 0.167. The fourth-order valence-corrected chi connectivity index (χ4v) is 0.916. The third-order valence-electron chi connectivity index (χ3n) is 1.48. The number of nitrogens with two attached hydrogens (primary N) is 1. The van der Waals surface area contributed by atoms with Crippen molar-refractivity contribution in [2.45, 2.75) is 0 Å². The number of aromatic nitrogens is 4. The number of nitrogens with zero attached hydrogens (tertiary/aromatic N) is 4. The monoisotopic (exact) mass is 164 g/mol. The number of rotatable bonds is 1. The summed E-state index contributed by atoms with van der Waals surface area (Å²) < 4.78 is 0. The van der Waals surface area contributed by atoms with Gasteiger partial charge in [-0.3, -0.25) is 5.01 Å². The minimum Gasteiger partial charge on any atom is -0.320 e. The summed E-state index contributed by atoms with van der Waals surface area (Å²) in [5.41, 5.74) is 1.40. The van der Waals surface area contributed by atoms with Gasteiger partial charge < -0.3 is 4.98 Å². The zero-order chi connectivity index (χ0) is 8.55. The van der Waals surface area contributed by atoms with Crippen LogP contribution in [0.1, 0.15) is 0 Å². The third kappa shape index (κ3) is 0.978. The molecule has 2 aromatic rings. The molecule has 0 bridgehead atoms. The predicted molar refractivity (Wildman–Crippen MR) is 44.3 cm³/mol. The Bertz CT molecular complexity index is 359. The Balaban J connectivity index is 2.62. The van der Waals surface area contributed by atoms with Gasteiger partial charge in [-0.2, -0.15) is 4.98 Å². The molecule has 0 aliphatic heterocycles. The lowest BCUT2D eigenvalue weighted by atomic mass is 10.6. The fourth-order valence-electron chi connectivity index (χ4n) is 0.916. The number of fused-ring (bicyclic) bond motifs is 1. The zero-order valence-electron chi connectivity index (χ0n) is 6.52. The first-order valence-electron chi connectivity index (χ1n) is 3.41. The molecule has 0 radical (unpaired) electrons. The van der Waals surface area contributed by atoms with Crippen molar-refractivity contribution in [3.63, 3.8) is 0 Å². The number of hydrogen-bond donors (Lipinski definition) is 2. The normalized spacial score (nSPS) is 10.5. The molecule has 0 saturated heterocycles. The Morgan fingerprint density at radius 1 is 1.58 bits per heavy atom. The average molecular weight is 164 g/mol. The van der Waals surface area contributed by atoms with E-state index in [0.717, 1.165) is 5.52 Å². The van der Waals surface area contributed by atoms with Crippen LogP contribution in [0.15, 0.2) is 12.5 Å². The molecule has 0 spiro atoms. The van der Waals surface area contributed by atoms with Gasteiger partial charge in [0.15, 0.2) is 5.65 Å². The maximum Gasteiger partial charge on any atom is 0.219 e. The molecule has 2 aromatic heterocycles. The number of imidazole rings is 1. The molecule has 0 aromatic carbocycles. The molecule has 0 aliphatic rings. The molecule has 2 rings (SSSR count). The van der Waals surface area contributed by atoms with E-state index in [1.807, 2.05) is 0 Å². The van der Waals surface area contributed by atoms with Gasteiger partial charge in [0.1, 0.15) is 11.8 Å². The molecule has 12 heavy (non-hydrogen) atoms. The van der Waals surface area contributed by atoms with Crippen LogP contribution >= 0.6 is 0 Å². The molecule has 0 saturated carbocycles. The van der Waals surface area contributed by atoms with Gasteiger partial charge in [0, 0.05) is 7.05 Å². The molecule has 6 nitrogen and oxygen atoms in total. The highest BCUT2D eigenvalue weighted by Gasteiger charge is 2.03. The Labute approximate surface area is 68.4 Å². The number of H-pyrrole nitrogens is 1. The van der Waals surface area contributed by atoms with Gasteiger partial charge in [-0.25, -0.2) is 15.8 Å². The van der Waals surface area contributed by atoms with Crippen LogP contribution in [0.4, 0.5) is 5.95 Å². The summed E-state index contributed by atoms with van der Waals surface area (Å²) in [5, 5.41) is 1.39. The van der Waals surface area contributed by atoms with Crippen LogP contribution in [0, 0.1) is 0 Å². The maximum absolute atomic E-state index is 5.47. The van der Waals surface area contributed by atoms with E-state index in [4.69, 9.17) is 5.84 Å². The van der Waals surface area contributed by atoms with Crippen molar-refractivity contribution in [2.75, 3.05) is 12.1 Å². The molecular formula is C6H8N6. The first-order valence-corrected chi connectivity index (χ1v) is 3.41. The van der Waals surface area contributed by atoms with E-state index in [1.165, 1.54) is 11.3 Å². The largest absolute Gasteiger partial charge is 0.320 e. The third-order valence-corrected chi connectivity index (χ3v) is 1.48. The van der Waals surface area contributed by atoms with E-state index >= 15 is 0 Å². The van der Waals surface area contributed by atoms with Crippen molar-refractivity contribution in [1.82, 2.24) is 19.9 Å². The van der Waals surface area contributed by atoms with Gasteiger partial charge in [0.2, 0.25) is 5.95 Å². The Morgan fingerprint density at radius 2 is 2.42 bits per heavy atom. The Hall–Kier alpha value is -1.69. The first kappa shape index (κ1) is 6.99. The molecule has 0 fully saturated rings. The number of aromatic amines is 1. The lowest BCUT2D eigenvalue weighted by Gasteiger charge is -2.04. The highest BCUT2D eigenvalue weighted by molar-refractivity contribution is 5.71. The van der Waals surface area contributed by atoms with Crippen LogP contribution in [0.2, 0.25) is 0 Å². The first-order chi connectivity index (χ1) is 5.77. The zero-order valence-corrected chi connectivity index (χ0v) is 6.52. The van der Waals surface area contributed by atoms with Gasteiger partial charge in [0.05, 0.1) is 6.20 Å².